The van der Waals surface area contributed by atoms with Gasteiger partial charge in [-0.1, -0.05) is 18.3 Å². The van der Waals surface area contributed by atoms with E-state index < -0.39 is 0 Å². The SMILES string of the molecule is CCCOCCn1ccsc1=O. The average molecular weight is 187 g/mol. The number of rotatable bonds is 5. The van der Waals surface area contributed by atoms with Gasteiger partial charge in [0.05, 0.1) is 6.61 Å². The first-order valence-electron chi connectivity index (χ1n) is 4.06. The van der Waals surface area contributed by atoms with Crippen molar-refractivity contribution in [3.05, 3.63) is 21.2 Å². The van der Waals surface area contributed by atoms with E-state index in [9.17, 15) is 4.79 Å². The molecule has 0 aliphatic heterocycles. The predicted molar refractivity (Wildman–Crippen MR) is 49.7 cm³/mol. The van der Waals surface area contributed by atoms with Gasteiger partial charge in [0.2, 0.25) is 0 Å². The Morgan fingerprint density at radius 3 is 3.00 bits per heavy atom. The average Bonchev–Trinajstić information content (AvgIpc) is 2.46. The standard InChI is InChI=1S/C8H13NO2S/c1-2-5-11-6-3-9-4-7-12-8(9)10/h4,7H,2-3,5-6H2,1H3. The number of ether oxygens (including phenoxy) is 1. The highest BCUT2D eigenvalue weighted by Crippen LogP contribution is 1.89. The smallest absolute Gasteiger partial charge is 0.307 e. The lowest BCUT2D eigenvalue weighted by Gasteiger charge is -2.01. The zero-order valence-electron chi connectivity index (χ0n) is 7.16. The molecule has 0 aliphatic rings. The molecule has 0 saturated carbocycles. The molecule has 0 atom stereocenters. The van der Waals surface area contributed by atoms with Gasteiger partial charge in [-0.05, 0) is 6.42 Å². The van der Waals surface area contributed by atoms with Gasteiger partial charge in [0, 0.05) is 24.7 Å². The molecule has 4 heteroatoms. The zero-order chi connectivity index (χ0) is 8.81. The molecule has 0 fully saturated rings. The van der Waals surface area contributed by atoms with Crippen LogP contribution in [0, 0.1) is 0 Å². The van der Waals surface area contributed by atoms with E-state index in [4.69, 9.17) is 4.74 Å². The van der Waals surface area contributed by atoms with E-state index in [-0.39, 0.29) is 4.87 Å². The molecule has 1 aromatic rings. The molecule has 0 saturated heterocycles. The first-order chi connectivity index (χ1) is 5.84. The molecule has 0 unspecified atom stereocenters. The molecule has 1 aromatic heterocycles. The maximum atomic E-state index is 11.0. The van der Waals surface area contributed by atoms with Crippen LogP contribution in [0.2, 0.25) is 0 Å². The van der Waals surface area contributed by atoms with Crippen LogP contribution in [-0.4, -0.2) is 17.8 Å². The van der Waals surface area contributed by atoms with Crippen LogP contribution < -0.4 is 4.87 Å². The van der Waals surface area contributed by atoms with Crippen LogP contribution in [-0.2, 0) is 11.3 Å². The summed E-state index contributed by atoms with van der Waals surface area (Å²) in [5.74, 6) is 0. The zero-order valence-corrected chi connectivity index (χ0v) is 7.97. The molecule has 0 aromatic carbocycles. The number of thiazole rings is 1. The van der Waals surface area contributed by atoms with E-state index in [1.807, 2.05) is 0 Å². The monoisotopic (exact) mass is 187 g/mol. The number of hydrogen-bond donors (Lipinski definition) is 0. The topological polar surface area (TPSA) is 31.2 Å². The number of hydrogen-bond acceptors (Lipinski definition) is 3. The predicted octanol–water partition coefficient (Wildman–Crippen LogP) is 1.34. The molecule has 0 radical (unpaired) electrons. The van der Waals surface area contributed by atoms with Gasteiger partial charge >= 0.3 is 4.87 Å². The van der Waals surface area contributed by atoms with Crippen LogP contribution in [0.5, 0.6) is 0 Å². The molecule has 0 amide bonds. The van der Waals surface area contributed by atoms with E-state index in [0.29, 0.717) is 13.2 Å². The Kier molecular flexibility index (Phi) is 4.04. The third-order valence-electron chi connectivity index (χ3n) is 1.47. The van der Waals surface area contributed by atoms with Gasteiger partial charge in [-0.2, -0.15) is 0 Å². The molecular weight excluding hydrogens is 174 g/mol. The summed E-state index contributed by atoms with van der Waals surface area (Å²) in [7, 11) is 0. The largest absolute Gasteiger partial charge is 0.380 e. The molecular formula is C8H13NO2S. The fourth-order valence-electron chi connectivity index (χ4n) is 0.866. The summed E-state index contributed by atoms with van der Waals surface area (Å²) < 4.78 is 6.92. The van der Waals surface area contributed by atoms with Crippen molar-refractivity contribution in [3.8, 4) is 0 Å². The first-order valence-corrected chi connectivity index (χ1v) is 4.94. The molecule has 0 N–H and O–H groups in total. The Hall–Kier alpha value is -0.610. The van der Waals surface area contributed by atoms with Crippen molar-refractivity contribution in [2.24, 2.45) is 0 Å². The van der Waals surface area contributed by atoms with Crippen LogP contribution in [0.15, 0.2) is 16.4 Å². The van der Waals surface area contributed by atoms with Crippen LogP contribution in [0.1, 0.15) is 13.3 Å². The normalized spacial score (nSPS) is 10.4. The lowest BCUT2D eigenvalue weighted by molar-refractivity contribution is 0.126. The second-order valence-electron chi connectivity index (χ2n) is 2.47. The van der Waals surface area contributed by atoms with Crippen molar-refractivity contribution in [1.82, 2.24) is 4.57 Å². The van der Waals surface area contributed by atoms with Crippen LogP contribution in [0.4, 0.5) is 0 Å². The number of aromatic nitrogens is 1. The van der Waals surface area contributed by atoms with Crippen molar-refractivity contribution in [3.63, 3.8) is 0 Å². The van der Waals surface area contributed by atoms with Gasteiger partial charge < -0.3 is 9.30 Å². The highest BCUT2D eigenvalue weighted by molar-refractivity contribution is 7.07. The van der Waals surface area contributed by atoms with Crippen molar-refractivity contribution < 1.29 is 4.74 Å². The molecule has 0 bridgehead atoms. The van der Waals surface area contributed by atoms with Crippen molar-refractivity contribution in [1.29, 1.82) is 0 Å². The molecule has 68 valence electrons. The van der Waals surface area contributed by atoms with Crippen molar-refractivity contribution in [2.45, 2.75) is 19.9 Å². The minimum atomic E-state index is 0.0927. The fourth-order valence-corrected chi connectivity index (χ4v) is 1.48. The molecule has 0 spiro atoms. The van der Waals surface area contributed by atoms with Gasteiger partial charge in [-0.25, -0.2) is 0 Å². The van der Waals surface area contributed by atoms with Gasteiger partial charge in [0.15, 0.2) is 0 Å². The van der Waals surface area contributed by atoms with Gasteiger partial charge in [0.25, 0.3) is 0 Å². The third kappa shape index (κ3) is 2.79. The van der Waals surface area contributed by atoms with Gasteiger partial charge in [-0.15, -0.1) is 0 Å². The summed E-state index contributed by atoms with van der Waals surface area (Å²) in [6.07, 6.45) is 2.82. The Bertz CT molecular complexity index is 266. The minimum Gasteiger partial charge on any atom is -0.380 e. The second-order valence-corrected chi connectivity index (χ2v) is 3.33. The first kappa shape index (κ1) is 9.48. The lowest BCUT2D eigenvalue weighted by atomic mass is 10.5. The molecule has 1 rings (SSSR count). The lowest BCUT2D eigenvalue weighted by Crippen LogP contribution is -2.15. The third-order valence-corrected chi connectivity index (χ3v) is 2.16. The highest BCUT2D eigenvalue weighted by atomic mass is 32.1. The Morgan fingerprint density at radius 1 is 1.58 bits per heavy atom. The number of nitrogens with zero attached hydrogens (tertiary/aromatic N) is 1. The van der Waals surface area contributed by atoms with Gasteiger partial charge in [0.1, 0.15) is 0 Å². The summed E-state index contributed by atoms with van der Waals surface area (Å²) >= 11 is 1.22. The van der Waals surface area contributed by atoms with Gasteiger partial charge in [-0.3, -0.25) is 4.79 Å². The van der Waals surface area contributed by atoms with E-state index in [1.165, 1.54) is 11.3 Å². The van der Waals surface area contributed by atoms with Crippen LogP contribution in [0.3, 0.4) is 0 Å². The summed E-state index contributed by atoms with van der Waals surface area (Å²) in [5, 5.41) is 1.79. The molecule has 1 heterocycles. The molecule has 0 aliphatic carbocycles. The Labute approximate surface area is 75.6 Å². The minimum absolute atomic E-state index is 0.0927. The summed E-state index contributed by atoms with van der Waals surface area (Å²) in [6.45, 7) is 4.14. The van der Waals surface area contributed by atoms with Crippen LogP contribution >= 0.6 is 11.3 Å². The van der Waals surface area contributed by atoms with E-state index in [2.05, 4.69) is 6.92 Å². The van der Waals surface area contributed by atoms with E-state index in [1.54, 1.807) is 16.1 Å². The summed E-state index contributed by atoms with van der Waals surface area (Å²) in [6, 6.07) is 0. The highest BCUT2D eigenvalue weighted by Gasteiger charge is 1.94. The summed E-state index contributed by atoms with van der Waals surface area (Å²) in [5.41, 5.74) is 0. The molecule has 12 heavy (non-hydrogen) atoms. The second kappa shape index (κ2) is 5.11. The maximum Gasteiger partial charge on any atom is 0.307 e. The van der Waals surface area contributed by atoms with Crippen molar-refractivity contribution in [2.75, 3.05) is 13.2 Å². The van der Waals surface area contributed by atoms with Crippen LogP contribution in [0.25, 0.3) is 0 Å². The Morgan fingerprint density at radius 2 is 2.42 bits per heavy atom. The van der Waals surface area contributed by atoms with Crippen molar-refractivity contribution >= 4 is 11.3 Å². The van der Waals surface area contributed by atoms with E-state index in [0.717, 1.165) is 13.0 Å². The maximum absolute atomic E-state index is 11.0. The Balaban J connectivity index is 2.24. The molecule has 3 nitrogen and oxygen atoms in total. The van der Waals surface area contributed by atoms with E-state index >= 15 is 0 Å². The fraction of sp³-hybridized carbons (Fsp3) is 0.625. The summed E-state index contributed by atoms with van der Waals surface area (Å²) in [4.78, 5) is 11.1. The quantitative estimate of drug-likeness (QED) is 0.651.